The summed E-state index contributed by atoms with van der Waals surface area (Å²) in [7, 11) is 1.71. The van der Waals surface area contributed by atoms with Gasteiger partial charge in [0.25, 0.3) is 0 Å². The zero-order valence-electron chi connectivity index (χ0n) is 17.1. The summed E-state index contributed by atoms with van der Waals surface area (Å²) >= 11 is 0. The molecule has 0 unspecified atom stereocenters. The van der Waals surface area contributed by atoms with E-state index in [-0.39, 0.29) is 0 Å². The van der Waals surface area contributed by atoms with Crippen LogP contribution in [0.4, 0.5) is 5.82 Å². The molecule has 2 heterocycles. The van der Waals surface area contributed by atoms with E-state index in [0.29, 0.717) is 0 Å². The van der Waals surface area contributed by atoms with Gasteiger partial charge < -0.3 is 10.1 Å². The van der Waals surface area contributed by atoms with Crippen LogP contribution in [-0.4, -0.2) is 23.4 Å². The van der Waals surface area contributed by atoms with Crippen molar-refractivity contribution < 1.29 is 4.74 Å². The third kappa shape index (κ3) is 3.64. The lowest BCUT2D eigenvalue weighted by atomic mass is 10.0. The van der Waals surface area contributed by atoms with Crippen LogP contribution in [0.25, 0.3) is 5.69 Å². The lowest BCUT2D eigenvalue weighted by Gasteiger charge is -2.13. The maximum absolute atomic E-state index is 5.27. The van der Waals surface area contributed by atoms with E-state index in [0.717, 1.165) is 31.6 Å². The third-order valence-corrected chi connectivity index (χ3v) is 5.83. The Morgan fingerprint density at radius 3 is 2.64 bits per heavy atom. The minimum absolute atomic E-state index is 0.904. The van der Waals surface area contributed by atoms with Crippen LogP contribution in [0.3, 0.4) is 0 Å². The topological polar surface area (TPSA) is 39.1 Å². The lowest BCUT2D eigenvalue weighted by molar-refractivity contribution is 0.414. The van der Waals surface area contributed by atoms with Crippen molar-refractivity contribution in [3.05, 3.63) is 70.4 Å². The molecule has 0 atom stereocenters. The first-order valence-electron chi connectivity index (χ1n) is 10.2. The maximum Gasteiger partial charge on any atom is 0.133 e. The molecule has 28 heavy (non-hydrogen) atoms. The fourth-order valence-corrected chi connectivity index (χ4v) is 3.97. The molecule has 1 aromatic heterocycles. The Kier molecular flexibility index (Phi) is 5.38. The molecule has 0 radical (unpaired) electrons. The molecule has 0 bridgehead atoms. The van der Waals surface area contributed by atoms with Gasteiger partial charge in [-0.3, -0.25) is 0 Å². The summed E-state index contributed by atoms with van der Waals surface area (Å²) in [6.07, 6.45) is 5.47. The van der Waals surface area contributed by atoms with Gasteiger partial charge in [-0.25, -0.2) is 4.68 Å². The van der Waals surface area contributed by atoms with Crippen LogP contribution in [0.1, 0.15) is 40.8 Å². The standard InChI is InChI=1S/C24H29N3O/c1-17-7-6-9-23(18(17)2)27-24-21(8-4-5-16-25-24)22(26-27)15-12-19-10-13-20(28-3)14-11-19/h6-7,9-11,13-14,25H,4-5,8,12,15-16H2,1-3H3. The molecule has 0 aliphatic carbocycles. The lowest BCUT2D eigenvalue weighted by Crippen LogP contribution is -2.08. The monoisotopic (exact) mass is 375 g/mol. The number of benzene rings is 2. The summed E-state index contributed by atoms with van der Waals surface area (Å²) in [5, 5.41) is 8.74. The Bertz CT molecular complexity index is 957. The molecule has 4 heteroatoms. The van der Waals surface area contributed by atoms with Crippen molar-refractivity contribution in [3.63, 3.8) is 0 Å². The van der Waals surface area contributed by atoms with Crippen molar-refractivity contribution in [2.24, 2.45) is 0 Å². The average Bonchev–Trinajstić information content (AvgIpc) is 2.89. The van der Waals surface area contributed by atoms with Crippen molar-refractivity contribution in [1.29, 1.82) is 0 Å². The van der Waals surface area contributed by atoms with Crippen molar-refractivity contribution in [1.82, 2.24) is 9.78 Å². The molecule has 1 aliphatic rings. The molecule has 0 spiro atoms. The van der Waals surface area contributed by atoms with Gasteiger partial charge in [0.05, 0.1) is 18.5 Å². The van der Waals surface area contributed by atoms with Gasteiger partial charge in [0.1, 0.15) is 11.6 Å². The highest BCUT2D eigenvalue weighted by Gasteiger charge is 2.21. The van der Waals surface area contributed by atoms with Gasteiger partial charge in [0, 0.05) is 12.1 Å². The van der Waals surface area contributed by atoms with Gasteiger partial charge in [-0.15, -0.1) is 0 Å². The Morgan fingerprint density at radius 2 is 1.86 bits per heavy atom. The highest BCUT2D eigenvalue weighted by atomic mass is 16.5. The predicted octanol–water partition coefficient (Wildman–Crippen LogP) is 5.03. The van der Waals surface area contributed by atoms with E-state index in [1.165, 1.54) is 52.3 Å². The minimum Gasteiger partial charge on any atom is -0.497 e. The van der Waals surface area contributed by atoms with Crippen LogP contribution in [0, 0.1) is 13.8 Å². The second-order valence-corrected chi connectivity index (χ2v) is 7.64. The van der Waals surface area contributed by atoms with Crippen LogP contribution in [-0.2, 0) is 19.3 Å². The molecule has 1 aliphatic heterocycles. The minimum atomic E-state index is 0.904. The summed E-state index contributed by atoms with van der Waals surface area (Å²) in [5.41, 5.74) is 7.71. The van der Waals surface area contributed by atoms with Crippen LogP contribution in [0.2, 0.25) is 0 Å². The molecule has 3 aromatic rings. The summed E-state index contributed by atoms with van der Waals surface area (Å²) < 4.78 is 7.41. The fraction of sp³-hybridized carbons (Fsp3) is 0.375. The van der Waals surface area contributed by atoms with E-state index < -0.39 is 0 Å². The number of aromatic nitrogens is 2. The van der Waals surface area contributed by atoms with Crippen LogP contribution in [0.5, 0.6) is 5.75 Å². The molecule has 0 fully saturated rings. The highest BCUT2D eigenvalue weighted by Crippen LogP contribution is 2.30. The molecule has 2 aromatic carbocycles. The molecule has 0 saturated heterocycles. The second-order valence-electron chi connectivity index (χ2n) is 7.64. The van der Waals surface area contributed by atoms with Gasteiger partial charge in [-0.1, -0.05) is 24.3 Å². The summed E-state index contributed by atoms with van der Waals surface area (Å²) in [5.74, 6) is 2.09. The summed E-state index contributed by atoms with van der Waals surface area (Å²) in [4.78, 5) is 0. The van der Waals surface area contributed by atoms with Gasteiger partial charge >= 0.3 is 0 Å². The Hall–Kier alpha value is -2.75. The first kappa shape index (κ1) is 18.6. The zero-order chi connectivity index (χ0) is 19.5. The molecular formula is C24H29N3O. The van der Waals surface area contributed by atoms with E-state index in [1.54, 1.807) is 7.11 Å². The van der Waals surface area contributed by atoms with E-state index >= 15 is 0 Å². The molecule has 0 saturated carbocycles. The number of anilines is 1. The number of ether oxygens (including phenoxy) is 1. The number of rotatable bonds is 5. The van der Waals surface area contributed by atoms with Gasteiger partial charge in [0.2, 0.25) is 0 Å². The SMILES string of the molecule is COc1ccc(CCc2nn(-c3cccc(C)c3C)c3c2CCCCN3)cc1. The van der Waals surface area contributed by atoms with Crippen molar-refractivity contribution >= 4 is 5.82 Å². The number of hydrogen-bond donors (Lipinski definition) is 1. The van der Waals surface area contributed by atoms with Crippen molar-refractivity contribution in [2.75, 3.05) is 19.0 Å². The second kappa shape index (κ2) is 8.09. The number of fused-ring (bicyclic) bond motifs is 1. The maximum atomic E-state index is 5.27. The Balaban J connectivity index is 1.67. The quantitative estimate of drug-likeness (QED) is 0.680. The van der Waals surface area contributed by atoms with Gasteiger partial charge in [-0.2, -0.15) is 5.10 Å². The highest BCUT2D eigenvalue weighted by molar-refractivity contribution is 5.57. The molecule has 1 N–H and O–H groups in total. The summed E-state index contributed by atoms with van der Waals surface area (Å²) in [6.45, 7) is 5.37. The van der Waals surface area contributed by atoms with E-state index in [4.69, 9.17) is 9.84 Å². The van der Waals surface area contributed by atoms with Crippen LogP contribution >= 0.6 is 0 Å². The van der Waals surface area contributed by atoms with E-state index in [1.807, 2.05) is 12.1 Å². The third-order valence-electron chi connectivity index (χ3n) is 5.83. The molecular weight excluding hydrogens is 346 g/mol. The first-order valence-corrected chi connectivity index (χ1v) is 10.2. The Morgan fingerprint density at radius 1 is 1.04 bits per heavy atom. The normalized spacial score (nSPS) is 13.5. The molecule has 4 rings (SSSR count). The number of hydrogen-bond acceptors (Lipinski definition) is 3. The smallest absolute Gasteiger partial charge is 0.133 e. The largest absolute Gasteiger partial charge is 0.497 e. The summed E-state index contributed by atoms with van der Waals surface area (Å²) in [6, 6.07) is 14.8. The van der Waals surface area contributed by atoms with Crippen LogP contribution in [0.15, 0.2) is 42.5 Å². The number of nitrogens with one attached hydrogen (secondary N) is 1. The molecule has 0 amide bonds. The predicted molar refractivity (Wildman–Crippen MR) is 115 cm³/mol. The van der Waals surface area contributed by atoms with Gasteiger partial charge in [-0.05, 0) is 80.8 Å². The number of methoxy groups -OCH3 is 1. The van der Waals surface area contributed by atoms with Crippen molar-refractivity contribution in [3.8, 4) is 11.4 Å². The van der Waals surface area contributed by atoms with E-state index in [9.17, 15) is 0 Å². The number of aryl methyl sites for hydroxylation is 3. The molecule has 4 nitrogen and oxygen atoms in total. The van der Waals surface area contributed by atoms with Gasteiger partial charge in [0.15, 0.2) is 0 Å². The fourth-order valence-electron chi connectivity index (χ4n) is 3.97. The Labute approximate surface area is 167 Å². The number of nitrogens with zero attached hydrogens (tertiary/aromatic N) is 2. The molecule has 146 valence electrons. The zero-order valence-corrected chi connectivity index (χ0v) is 17.1. The van der Waals surface area contributed by atoms with Crippen molar-refractivity contribution in [2.45, 2.75) is 46.0 Å². The average molecular weight is 376 g/mol. The first-order chi connectivity index (χ1) is 13.7. The van der Waals surface area contributed by atoms with E-state index in [2.05, 4.69) is 54.2 Å². The van der Waals surface area contributed by atoms with Crippen LogP contribution < -0.4 is 10.1 Å².